The van der Waals surface area contributed by atoms with E-state index in [0.717, 1.165) is 15.8 Å². The molecule has 0 spiro atoms. The first kappa shape index (κ1) is 20.4. The van der Waals surface area contributed by atoms with E-state index >= 15 is 0 Å². The Bertz CT molecular complexity index is 1350. The number of nitrogens with zero attached hydrogens (tertiary/aromatic N) is 3. The highest BCUT2D eigenvalue weighted by Crippen LogP contribution is 2.23. The third kappa shape index (κ3) is 3.66. The summed E-state index contributed by atoms with van der Waals surface area (Å²) in [6.07, 6.45) is 1.59. The van der Waals surface area contributed by atoms with Crippen molar-refractivity contribution in [3.05, 3.63) is 91.9 Å². The first-order chi connectivity index (χ1) is 14.2. The molecule has 3 rings (SSSR count). The number of carboxylic acid groups (broad SMARTS) is 1. The molecule has 0 unspecified atom stereocenters. The van der Waals surface area contributed by atoms with Gasteiger partial charge in [0.05, 0.1) is 17.8 Å². The molecular formula is C23H19N3O4. The minimum atomic E-state index is -1.17. The lowest BCUT2D eigenvalue weighted by molar-refractivity contribution is 0.0697. The summed E-state index contributed by atoms with van der Waals surface area (Å²) in [5.41, 5.74) is 1.01. The number of aromatic hydroxyl groups is 1. The first-order valence-electron chi connectivity index (χ1n) is 8.92. The Morgan fingerprint density at radius 2 is 1.87 bits per heavy atom. The second-order valence-corrected chi connectivity index (χ2v) is 6.80. The molecule has 0 atom stereocenters. The summed E-state index contributed by atoms with van der Waals surface area (Å²) in [5.74, 6) is -1.75. The van der Waals surface area contributed by atoms with Crippen molar-refractivity contribution in [1.82, 2.24) is 4.57 Å². The number of carbonyl (C=O) groups is 1. The van der Waals surface area contributed by atoms with Crippen LogP contribution in [0.1, 0.15) is 15.9 Å². The zero-order valence-corrected chi connectivity index (χ0v) is 16.5. The molecule has 0 saturated heterocycles. The van der Waals surface area contributed by atoms with Crippen LogP contribution < -0.4 is 20.9 Å². The highest BCUT2D eigenvalue weighted by molar-refractivity contribution is 5.88. The molecule has 0 aliphatic rings. The fraction of sp³-hybridized carbons (Fsp3) is 0.0870. The van der Waals surface area contributed by atoms with Crippen LogP contribution in [0.3, 0.4) is 0 Å². The van der Waals surface area contributed by atoms with Crippen molar-refractivity contribution in [2.24, 2.45) is 0 Å². The second kappa shape index (κ2) is 7.97. The Kier molecular flexibility index (Phi) is 5.43. The quantitative estimate of drug-likeness (QED) is 0.654. The van der Waals surface area contributed by atoms with E-state index in [1.807, 2.05) is 43.3 Å². The molecule has 0 aliphatic heterocycles. The largest absolute Gasteiger partial charge is 0.502 e. The third-order valence-corrected chi connectivity index (χ3v) is 4.65. The van der Waals surface area contributed by atoms with Gasteiger partial charge in [-0.15, -0.1) is 6.58 Å². The van der Waals surface area contributed by atoms with Crippen LogP contribution in [0.25, 0.3) is 23.2 Å². The van der Waals surface area contributed by atoms with E-state index in [0.29, 0.717) is 0 Å². The summed E-state index contributed by atoms with van der Waals surface area (Å²) in [4.78, 5) is 29.8. The van der Waals surface area contributed by atoms with E-state index < -0.39 is 17.4 Å². The summed E-state index contributed by atoms with van der Waals surface area (Å²) in [5, 5.41) is 20.0. The molecule has 0 bridgehead atoms. The van der Waals surface area contributed by atoms with Gasteiger partial charge in [-0.3, -0.25) is 9.36 Å². The smallest absolute Gasteiger partial charge is 0.335 e. The van der Waals surface area contributed by atoms with Gasteiger partial charge in [-0.05, 0) is 47.2 Å². The molecular weight excluding hydrogens is 382 g/mol. The SMILES string of the molecule is [C-]#[N+]c1c(O)n(-c2cccc(C(=O)O)c2)c(=O)c(=Cc2ccc(N(C)C)cc2)c1=C. The van der Waals surface area contributed by atoms with Gasteiger partial charge in [0.2, 0.25) is 5.88 Å². The molecule has 7 nitrogen and oxygen atoms in total. The molecule has 1 aromatic heterocycles. The maximum atomic E-state index is 13.2. The van der Waals surface area contributed by atoms with Crippen molar-refractivity contribution in [3.63, 3.8) is 0 Å². The van der Waals surface area contributed by atoms with Gasteiger partial charge in [0.15, 0.2) is 0 Å². The lowest BCUT2D eigenvalue weighted by atomic mass is 10.1. The Morgan fingerprint density at radius 3 is 2.43 bits per heavy atom. The minimum Gasteiger partial charge on any atom is -0.502 e. The van der Waals surface area contributed by atoms with Gasteiger partial charge in [-0.25, -0.2) is 9.64 Å². The van der Waals surface area contributed by atoms with Crippen molar-refractivity contribution in [3.8, 4) is 11.6 Å². The Balaban J connectivity index is 2.33. The predicted molar refractivity (Wildman–Crippen MR) is 116 cm³/mol. The molecule has 2 N–H and O–H groups in total. The zero-order valence-electron chi connectivity index (χ0n) is 16.5. The number of pyridine rings is 1. The fourth-order valence-corrected chi connectivity index (χ4v) is 3.03. The molecule has 2 aromatic carbocycles. The summed E-state index contributed by atoms with van der Waals surface area (Å²) >= 11 is 0. The van der Waals surface area contributed by atoms with E-state index in [-0.39, 0.29) is 27.4 Å². The van der Waals surface area contributed by atoms with Crippen molar-refractivity contribution >= 4 is 30.0 Å². The van der Waals surface area contributed by atoms with Crippen LogP contribution in [-0.4, -0.2) is 34.8 Å². The number of hydrogen-bond acceptors (Lipinski definition) is 4. The van der Waals surface area contributed by atoms with Gasteiger partial charge in [-0.2, -0.15) is 0 Å². The van der Waals surface area contributed by atoms with E-state index in [1.54, 1.807) is 6.08 Å². The summed E-state index contributed by atoms with van der Waals surface area (Å²) < 4.78 is 0.925. The van der Waals surface area contributed by atoms with Crippen LogP contribution in [0.5, 0.6) is 5.88 Å². The molecule has 0 aliphatic carbocycles. The monoisotopic (exact) mass is 401 g/mol. The highest BCUT2D eigenvalue weighted by atomic mass is 16.4. The lowest BCUT2D eigenvalue weighted by Gasteiger charge is -2.12. The van der Waals surface area contributed by atoms with Crippen LogP contribution in [0.15, 0.2) is 53.3 Å². The fourth-order valence-electron chi connectivity index (χ4n) is 3.03. The van der Waals surface area contributed by atoms with Crippen LogP contribution in [0, 0.1) is 6.57 Å². The lowest BCUT2D eigenvalue weighted by Crippen LogP contribution is -2.43. The average molecular weight is 401 g/mol. The maximum Gasteiger partial charge on any atom is 0.335 e. The zero-order chi connectivity index (χ0) is 22.0. The van der Waals surface area contributed by atoms with E-state index in [4.69, 9.17) is 6.57 Å². The Morgan fingerprint density at radius 1 is 1.20 bits per heavy atom. The van der Waals surface area contributed by atoms with E-state index in [2.05, 4.69) is 11.4 Å². The van der Waals surface area contributed by atoms with E-state index in [9.17, 15) is 19.8 Å². The van der Waals surface area contributed by atoms with Crippen LogP contribution in [0.2, 0.25) is 0 Å². The molecule has 0 amide bonds. The molecule has 0 radical (unpaired) electrons. The number of aromatic nitrogens is 1. The molecule has 7 heteroatoms. The van der Waals surface area contributed by atoms with Crippen LogP contribution in [-0.2, 0) is 0 Å². The first-order valence-corrected chi connectivity index (χ1v) is 8.92. The van der Waals surface area contributed by atoms with Crippen molar-refractivity contribution in [2.75, 3.05) is 19.0 Å². The third-order valence-electron chi connectivity index (χ3n) is 4.65. The van der Waals surface area contributed by atoms with Gasteiger partial charge in [0, 0.05) is 25.0 Å². The normalized spacial score (nSPS) is 11.2. The predicted octanol–water partition coefficient (Wildman–Crippen LogP) is 2.10. The summed E-state index contributed by atoms with van der Waals surface area (Å²) in [6.45, 7) is 11.2. The minimum absolute atomic E-state index is 0.0494. The molecule has 3 aromatic rings. The number of aromatic carboxylic acids is 1. The van der Waals surface area contributed by atoms with Crippen molar-refractivity contribution in [1.29, 1.82) is 0 Å². The van der Waals surface area contributed by atoms with Crippen molar-refractivity contribution in [2.45, 2.75) is 0 Å². The number of benzene rings is 2. The molecule has 0 fully saturated rings. The number of carboxylic acids is 1. The average Bonchev–Trinajstić information content (AvgIpc) is 2.72. The standard InChI is InChI=1S/C23H19N3O4/c1-14-19(12-15-8-10-17(11-9-15)25(3)4)21(27)26(22(28)20(14)24-2)18-7-5-6-16(13-18)23(29)30/h5-13,28H,1H2,3-4H3,(H,29,30). The number of rotatable bonds is 4. The van der Waals surface area contributed by atoms with Crippen molar-refractivity contribution < 1.29 is 15.0 Å². The topological polar surface area (TPSA) is 87.1 Å². The van der Waals surface area contributed by atoms with Gasteiger partial charge in [-0.1, -0.05) is 18.2 Å². The van der Waals surface area contributed by atoms with Gasteiger partial charge in [0.25, 0.3) is 11.2 Å². The molecule has 150 valence electrons. The number of anilines is 1. The molecule has 0 saturated carbocycles. The number of hydrogen-bond donors (Lipinski definition) is 2. The maximum absolute atomic E-state index is 13.2. The van der Waals surface area contributed by atoms with Crippen LogP contribution >= 0.6 is 0 Å². The summed E-state index contributed by atoms with van der Waals surface area (Å²) in [7, 11) is 3.83. The molecule has 30 heavy (non-hydrogen) atoms. The Hall–Kier alpha value is -4.31. The van der Waals surface area contributed by atoms with Gasteiger partial charge >= 0.3 is 5.97 Å². The summed E-state index contributed by atoms with van der Waals surface area (Å²) in [6, 6.07) is 13.0. The highest BCUT2D eigenvalue weighted by Gasteiger charge is 2.16. The van der Waals surface area contributed by atoms with E-state index in [1.165, 1.54) is 24.3 Å². The van der Waals surface area contributed by atoms with Gasteiger partial charge < -0.3 is 15.1 Å². The van der Waals surface area contributed by atoms with Gasteiger partial charge in [0.1, 0.15) is 0 Å². The van der Waals surface area contributed by atoms with Crippen LogP contribution in [0.4, 0.5) is 11.4 Å². The molecule has 1 heterocycles. The second-order valence-electron chi connectivity index (χ2n) is 6.80. The Labute approximate surface area is 172 Å².